The number of thiophene rings is 1. The van der Waals surface area contributed by atoms with Crippen LogP contribution >= 0.6 is 11.3 Å². The van der Waals surface area contributed by atoms with E-state index in [0.717, 1.165) is 60.6 Å². The molecule has 3 aromatic heterocycles. The molecule has 0 N–H and O–H groups in total. The second-order valence-electron chi connectivity index (χ2n) is 11.8. The van der Waals surface area contributed by atoms with Gasteiger partial charge in [-0.3, -0.25) is 0 Å². The van der Waals surface area contributed by atoms with Gasteiger partial charge < -0.3 is 4.42 Å². The summed E-state index contributed by atoms with van der Waals surface area (Å²) in [6.45, 7) is 0. The first kappa shape index (κ1) is 25.5. The lowest BCUT2D eigenvalue weighted by Crippen LogP contribution is -1.93. The number of para-hydroxylation sites is 2. The minimum absolute atomic E-state index is 0.893. The zero-order chi connectivity index (χ0) is 30.2. The molecule has 7 aromatic carbocycles. The first-order valence-electron chi connectivity index (χ1n) is 15.5. The van der Waals surface area contributed by atoms with Gasteiger partial charge in [0.2, 0.25) is 0 Å². The quantitative estimate of drug-likeness (QED) is 0.188. The number of nitrogens with zero attached hydrogens (tertiary/aromatic N) is 1. The summed E-state index contributed by atoms with van der Waals surface area (Å²) in [6, 6.07) is 54.1. The maximum atomic E-state index is 6.37. The number of aromatic nitrogens is 1. The molecule has 0 amide bonds. The highest BCUT2D eigenvalue weighted by Gasteiger charge is 2.19. The Morgan fingerprint density at radius 3 is 2.00 bits per heavy atom. The molecule has 0 aliphatic heterocycles. The smallest absolute Gasteiger partial charge is 0.136 e. The summed E-state index contributed by atoms with van der Waals surface area (Å²) in [5, 5.41) is 8.32. The van der Waals surface area contributed by atoms with Crippen molar-refractivity contribution in [2.75, 3.05) is 0 Å². The molecule has 3 heteroatoms. The molecule has 0 saturated heterocycles. The average molecular weight is 604 g/mol. The fraction of sp³-hybridized carbons (Fsp3) is 0. The van der Waals surface area contributed by atoms with Gasteiger partial charge in [-0.2, -0.15) is 0 Å². The standard InChI is InChI=1S/C43H25NOS/c1-2-11-26(12-3-1)41-35-23-24-37-40(33-16-4-6-21-36(33)45-37)39(35)34-20-9-17-29(42(34)44-41)27-13-8-14-28(25-27)30-18-10-19-32-31-15-5-7-22-38(31)46-43(30)32/h1-25H. The molecule has 0 bridgehead atoms. The third-order valence-electron chi connectivity index (χ3n) is 9.26. The van der Waals surface area contributed by atoms with Crippen LogP contribution in [-0.2, 0) is 0 Å². The lowest BCUT2D eigenvalue weighted by Gasteiger charge is -2.15. The molecule has 0 aliphatic carbocycles. The van der Waals surface area contributed by atoms with Gasteiger partial charge in [0.15, 0.2) is 0 Å². The molecule has 3 heterocycles. The third kappa shape index (κ3) is 3.73. The van der Waals surface area contributed by atoms with Crippen molar-refractivity contribution >= 4 is 75.1 Å². The van der Waals surface area contributed by atoms with Crippen LogP contribution in [0.15, 0.2) is 156 Å². The number of hydrogen-bond donors (Lipinski definition) is 0. The van der Waals surface area contributed by atoms with Crippen LogP contribution in [0.4, 0.5) is 0 Å². The second kappa shape index (κ2) is 9.87. The molecular formula is C43H25NOS. The molecule has 46 heavy (non-hydrogen) atoms. The maximum Gasteiger partial charge on any atom is 0.136 e. The van der Waals surface area contributed by atoms with E-state index in [9.17, 15) is 0 Å². The van der Waals surface area contributed by atoms with Gasteiger partial charge in [0, 0.05) is 58.2 Å². The van der Waals surface area contributed by atoms with Crippen LogP contribution in [0.2, 0.25) is 0 Å². The van der Waals surface area contributed by atoms with Crippen LogP contribution in [0.1, 0.15) is 0 Å². The van der Waals surface area contributed by atoms with E-state index in [1.807, 2.05) is 17.4 Å². The van der Waals surface area contributed by atoms with Crippen molar-refractivity contribution in [2.45, 2.75) is 0 Å². The number of hydrogen-bond acceptors (Lipinski definition) is 3. The van der Waals surface area contributed by atoms with Crippen LogP contribution in [0.3, 0.4) is 0 Å². The van der Waals surface area contributed by atoms with E-state index in [2.05, 4.69) is 146 Å². The van der Waals surface area contributed by atoms with Crippen molar-refractivity contribution in [3.05, 3.63) is 152 Å². The van der Waals surface area contributed by atoms with Crippen LogP contribution in [0.25, 0.3) is 97.3 Å². The number of fused-ring (bicyclic) bond motifs is 10. The maximum absolute atomic E-state index is 6.37. The number of furan rings is 1. The lowest BCUT2D eigenvalue weighted by molar-refractivity contribution is 0.669. The minimum Gasteiger partial charge on any atom is -0.456 e. The number of benzene rings is 7. The highest BCUT2D eigenvalue weighted by molar-refractivity contribution is 7.26. The Balaban J connectivity index is 1.27. The SMILES string of the molecule is c1ccc(-c2nc3c(-c4cccc(-c5cccc6c5sc5ccccc56)c4)cccc3c3c2ccc2oc4ccccc4c23)cc1. The van der Waals surface area contributed by atoms with Crippen molar-refractivity contribution in [3.8, 4) is 33.5 Å². The highest BCUT2D eigenvalue weighted by atomic mass is 32.1. The van der Waals surface area contributed by atoms with E-state index in [1.54, 1.807) is 0 Å². The molecule has 0 atom stereocenters. The van der Waals surface area contributed by atoms with Gasteiger partial charge in [0.25, 0.3) is 0 Å². The van der Waals surface area contributed by atoms with Gasteiger partial charge in [-0.1, -0.05) is 121 Å². The normalized spacial score (nSPS) is 11.9. The fourth-order valence-electron chi connectivity index (χ4n) is 7.21. The van der Waals surface area contributed by atoms with Gasteiger partial charge in [-0.25, -0.2) is 4.98 Å². The van der Waals surface area contributed by atoms with Gasteiger partial charge in [0.05, 0.1) is 11.2 Å². The zero-order valence-electron chi connectivity index (χ0n) is 24.7. The average Bonchev–Trinajstić information content (AvgIpc) is 3.70. The van der Waals surface area contributed by atoms with Crippen LogP contribution < -0.4 is 0 Å². The van der Waals surface area contributed by atoms with E-state index in [4.69, 9.17) is 9.40 Å². The van der Waals surface area contributed by atoms with E-state index in [1.165, 1.54) is 36.7 Å². The summed E-state index contributed by atoms with van der Waals surface area (Å²) in [4.78, 5) is 5.47. The molecule has 0 aliphatic rings. The molecule has 10 rings (SSSR count). The van der Waals surface area contributed by atoms with Crippen LogP contribution in [-0.4, -0.2) is 4.98 Å². The molecular weight excluding hydrogens is 579 g/mol. The second-order valence-corrected chi connectivity index (χ2v) is 12.9. The molecule has 0 radical (unpaired) electrons. The first-order valence-corrected chi connectivity index (χ1v) is 16.4. The first-order chi connectivity index (χ1) is 22.8. The van der Waals surface area contributed by atoms with Gasteiger partial charge in [-0.15, -0.1) is 11.3 Å². The molecule has 214 valence electrons. The Bertz CT molecular complexity index is 2810. The van der Waals surface area contributed by atoms with Gasteiger partial charge in [0.1, 0.15) is 11.2 Å². The molecule has 0 fully saturated rings. The highest BCUT2D eigenvalue weighted by Crippen LogP contribution is 2.44. The van der Waals surface area contributed by atoms with Crippen molar-refractivity contribution in [2.24, 2.45) is 0 Å². The summed E-state index contributed by atoms with van der Waals surface area (Å²) in [5.74, 6) is 0. The van der Waals surface area contributed by atoms with Crippen LogP contribution in [0, 0.1) is 0 Å². The van der Waals surface area contributed by atoms with Crippen molar-refractivity contribution in [1.29, 1.82) is 0 Å². The number of rotatable bonds is 3. The summed E-state index contributed by atoms with van der Waals surface area (Å²) in [5.41, 5.74) is 9.59. The minimum atomic E-state index is 0.893. The lowest BCUT2D eigenvalue weighted by atomic mass is 9.92. The van der Waals surface area contributed by atoms with E-state index in [0.29, 0.717) is 0 Å². The van der Waals surface area contributed by atoms with E-state index < -0.39 is 0 Å². The van der Waals surface area contributed by atoms with Crippen LogP contribution in [0.5, 0.6) is 0 Å². The number of pyridine rings is 1. The van der Waals surface area contributed by atoms with Crippen molar-refractivity contribution < 1.29 is 4.42 Å². The van der Waals surface area contributed by atoms with Gasteiger partial charge in [-0.05, 0) is 47.0 Å². The van der Waals surface area contributed by atoms with Gasteiger partial charge >= 0.3 is 0 Å². The van der Waals surface area contributed by atoms with E-state index in [-0.39, 0.29) is 0 Å². The Labute approximate surface area is 268 Å². The molecule has 0 saturated carbocycles. The Morgan fingerprint density at radius 1 is 0.435 bits per heavy atom. The summed E-state index contributed by atoms with van der Waals surface area (Å²) < 4.78 is 9.01. The fourth-order valence-corrected chi connectivity index (χ4v) is 8.45. The predicted octanol–water partition coefficient (Wildman–Crippen LogP) is 12.7. The Hall–Kier alpha value is -5.77. The molecule has 0 unspecified atom stereocenters. The summed E-state index contributed by atoms with van der Waals surface area (Å²) in [6.07, 6.45) is 0. The summed E-state index contributed by atoms with van der Waals surface area (Å²) in [7, 11) is 0. The third-order valence-corrected chi connectivity index (χ3v) is 10.5. The zero-order valence-corrected chi connectivity index (χ0v) is 25.5. The van der Waals surface area contributed by atoms with Crippen molar-refractivity contribution in [1.82, 2.24) is 4.98 Å². The van der Waals surface area contributed by atoms with E-state index >= 15 is 0 Å². The Kier molecular flexibility index (Phi) is 5.48. The molecule has 10 aromatic rings. The topological polar surface area (TPSA) is 26.0 Å². The Morgan fingerprint density at radius 2 is 1.11 bits per heavy atom. The summed E-state index contributed by atoms with van der Waals surface area (Å²) >= 11 is 1.87. The largest absolute Gasteiger partial charge is 0.456 e. The van der Waals surface area contributed by atoms with Crippen molar-refractivity contribution in [3.63, 3.8) is 0 Å². The monoisotopic (exact) mass is 603 g/mol. The molecule has 0 spiro atoms. The molecule has 2 nitrogen and oxygen atoms in total. The predicted molar refractivity (Wildman–Crippen MR) is 196 cm³/mol.